The second-order valence-electron chi connectivity index (χ2n) is 7.87. The fourth-order valence-corrected chi connectivity index (χ4v) is 4.62. The summed E-state index contributed by atoms with van der Waals surface area (Å²) in [6.45, 7) is 5.19. The smallest absolute Gasteiger partial charge is 0.222 e. The number of fused-ring (bicyclic) bond motifs is 1. The number of hydrogen-bond donors (Lipinski definition) is 0. The Hall–Kier alpha value is -1.85. The second-order valence-corrected chi connectivity index (χ2v) is 7.87. The van der Waals surface area contributed by atoms with Crippen molar-refractivity contribution in [1.29, 1.82) is 0 Å². The molecule has 0 aliphatic carbocycles. The average molecular weight is 356 g/mol. The number of carbonyl (C=O) groups is 1. The van der Waals surface area contributed by atoms with Gasteiger partial charge in [-0.2, -0.15) is 0 Å². The van der Waals surface area contributed by atoms with E-state index in [1.54, 1.807) is 7.11 Å². The molecule has 3 heterocycles. The van der Waals surface area contributed by atoms with Gasteiger partial charge in [-0.1, -0.05) is 18.2 Å². The predicted molar refractivity (Wildman–Crippen MR) is 101 cm³/mol. The van der Waals surface area contributed by atoms with Crippen molar-refractivity contribution in [1.82, 2.24) is 9.80 Å². The van der Waals surface area contributed by atoms with Crippen LogP contribution in [0.25, 0.3) is 11.0 Å². The topological polar surface area (TPSA) is 45.9 Å². The molecule has 1 atom stereocenters. The van der Waals surface area contributed by atoms with Crippen LogP contribution in [0.1, 0.15) is 31.4 Å². The lowest BCUT2D eigenvalue weighted by Gasteiger charge is -2.48. The van der Waals surface area contributed by atoms with Crippen molar-refractivity contribution in [2.45, 2.75) is 32.2 Å². The van der Waals surface area contributed by atoms with E-state index in [1.165, 1.54) is 18.2 Å². The van der Waals surface area contributed by atoms with Gasteiger partial charge in [-0.05, 0) is 37.9 Å². The first-order chi connectivity index (χ1) is 12.7. The molecule has 2 fully saturated rings. The number of ether oxygens (including phenoxy) is 1. The van der Waals surface area contributed by atoms with Crippen molar-refractivity contribution in [2.24, 2.45) is 5.41 Å². The Balaban J connectivity index is 1.44. The van der Waals surface area contributed by atoms with Gasteiger partial charge >= 0.3 is 0 Å². The van der Waals surface area contributed by atoms with Crippen LogP contribution in [0, 0.1) is 5.41 Å². The number of benzene rings is 1. The van der Waals surface area contributed by atoms with Crippen LogP contribution in [0.2, 0.25) is 0 Å². The van der Waals surface area contributed by atoms with Gasteiger partial charge in [-0.25, -0.2) is 0 Å². The quantitative estimate of drug-likeness (QED) is 0.825. The maximum Gasteiger partial charge on any atom is 0.222 e. The summed E-state index contributed by atoms with van der Waals surface area (Å²) in [6, 6.07) is 10.3. The number of furan rings is 1. The van der Waals surface area contributed by atoms with E-state index in [0.717, 1.165) is 43.9 Å². The van der Waals surface area contributed by atoms with Gasteiger partial charge in [-0.15, -0.1) is 0 Å². The number of hydrogen-bond acceptors (Lipinski definition) is 4. The largest absolute Gasteiger partial charge is 0.460 e. The summed E-state index contributed by atoms with van der Waals surface area (Å²) in [7, 11) is 1.69. The first-order valence-corrected chi connectivity index (χ1v) is 9.64. The van der Waals surface area contributed by atoms with Crippen LogP contribution < -0.4 is 0 Å². The summed E-state index contributed by atoms with van der Waals surface area (Å²) in [5.74, 6) is 1.31. The van der Waals surface area contributed by atoms with Crippen molar-refractivity contribution in [3.8, 4) is 0 Å². The molecular weight excluding hydrogens is 328 g/mol. The Morgan fingerprint density at radius 1 is 1.23 bits per heavy atom. The first kappa shape index (κ1) is 17.6. The van der Waals surface area contributed by atoms with E-state index in [-0.39, 0.29) is 11.3 Å². The van der Waals surface area contributed by atoms with Gasteiger partial charge in [0.15, 0.2) is 0 Å². The molecule has 0 saturated carbocycles. The van der Waals surface area contributed by atoms with Crippen LogP contribution >= 0.6 is 0 Å². The Bertz CT molecular complexity index is 738. The van der Waals surface area contributed by atoms with Crippen LogP contribution in [0.5, 0.6) is 0 Å². The van der Waals surface area contributed by atoms with Gasteiger partial charge in [0.1, 0.15) is 11.3 Å². The SMILES string of the molecule is COCCN1CC2(CCCN(Cc3cc4ccccc4o3)C2)CCC1=O. The minimum absolute atomic E-state index is 0.228. The van der Waals surface area contributed by atoms with Crippen molar-refractivity contribution in [3.05, 3.63) is 36.1 Å². The lowest BCUT2D eigenvalue weighted by molar-refractivity contribution is -0.140. The van der Waals surface area contributed by atoms with Gasteiger partial charge in [0, 0.05) is 44.0 Å². The molecule has 2 saturated heterocycles. The van der Waals surface area contributed by atoms with Crippen LogP contribution in [0.4, 0.5) is 0 Å². The molecule has 4 rings (SSSR count). The standard InChI is InChI=1S/C21H28N2O3/c1-25-12-11-23-16-21(9-7-20(23)24)8-4-10-22(15-21)14-18-13-17-5-2-3-6-19(17)26-18/h2-3,5-6,13H,4,7-12,14-16H2,1H3. The highest BCUT2D eigenvalue weighted by Gasteiger charge is 2.41. The zero-order chi connectivity index (χ0) is 18.0. The molecule has 5 heteroatoms. The summed E-state index contributed by atoms with van der Waals surface area (Å²) in [4.78, 5) is 16.8. The highest BCUT2D eigenvalue weighted by molar-refractivity contribution is 5.78. The minimum Gasteiger partial charge on any atom is -0.460 e. The van der Waals surface area contributed by atoms with Gasteiger partial charge in [0.05, 0.1) is 13.2 Å². The molecule has 5 nitrogen and oxygen atoms in total. The third-order valence-electron chi connectivity index (χ3n) is 5.91. The maximum atomic E-state index is 12.2. The van der Waals surface area contributed by atoms with Crippen molar-refractivity contribution < 1.29 is 13.9 Å². The van der Waals surface area contributed by atoms with Gasteiger partial charge in [-0.3, -0.25) is 9.69 Å². The Morgan fingerprint density at radius 3 is 2.96 bits per heavy atom. The summed E-state index contributed by atoms with van der Waals surface area (Å²) in [6.07, 6.45) is 4.07. The van der Waals surface area contributed by atoms with Crippen molar-refractivity contribution >= 4 is 16.9 Å². The molecule has 2 aliphatic rings. The van der Waals surface area contributed by atoms with E-state index >= 15 is 0 Å². The summed E-state index contributed by atoms with van der Waals surface area (Å²) < 4.78 is 11.2. The molecule has 1 unspecified atom stereocenters. The predicted octanol–water partition coefficient (Wildman–Crippen LogP) is 3.28. The molecule has 140 valence electrons. The Morgan fingerprint density at radius 2 is 2.12 bits per heavy atom. The summed E-state index contributed by atoms with van der Waals surface area (Å²) >= 11 is 0. The molecule has 2 aliphatic heterocycles. The number of rotatable bonds is 5. The first-order valence-electron chi connectivity index (χ1n) is 9.64. The third-order valence-corrected chi connectivity index (χ3v) is 5.91. The number of carbonyl (C=O) groups excluding carboxylic acids is 1. The molecule has 26 heavy (non-hydrogen) atoms. The normalized spacial score (nSPS) is 24.7. The van der Waals surface area contributed by atoms with E-state index in [9.17, 15) is 4.79 Å². The van der Waals surface area contributed by atoms with E-state index in [4.69, 9.17) is 9.15 Å². The number of piperidine rings is 2. The average Bonchev–Trinajstić information content (AvgIpc) is 3.05. The lowest BCUT2D eigenvalue weighted by Crippen LogP contribution is -2.54. The molecule has 1 spiro atoms. The van der Waals surface area contributed by atoms with Crippen molar-refractivity contribution in [2.75, 3.05) is 39.9 Å². The Labute approximate surface area is 154 Å². The van der Waals surface area contributed by atoms with Crippen molar-refractivity contribution in [3.63, 3.8) is 0 Å². The summed E-state index contributed by atoms with van der Waals surface area (Å²) in [5.41, 5.74) is 1.19. The van der Waals surface area contributed by atoms with Crippen LogP contribution in [0.3, 0.4) is 0 Å². The van der Waals surface area contributed by atoms with E-state index in [1.807, 2.05) is 23.1 Å². The number of likely N-dealkylation sites (tertiary alicyclic amines) is 2. The van der Waals surface area contributed by atoms with E-state index in [2.05, 4.69) is 17.0 Å². The maximum absolute atomic E-state index is 12.2. The highest BCUT2D eigenvalue weighted by Crippen LogP contribution is 2.39. The van der Waals surface area contributed by atoms with Crippen LogP contribution in [-0.4, -0.2) is 55.6 Å². The molecule has 0 radical (unpaired) electrons. The fraction of sp³-hybridized carbons (Fsp3) is 0.571. The van der Waals surface area contributed by atoms with Gasteiger partial charge < -0.3 is 14.1 Å². The monoisotopic (exact) mass is 356 g/mol. The Kier molecular flexibility index (Phi) is 5.00. The highest BCUT2D eigenvalue weighted by atomic mass is 16.5. The zero-order valence-electron chi connectivity index (χ0n) is 15.6. The number of para-hydroxylation sites is 1. The van der Waals surface area contributed by atoms with E-state index in [0.29, 0.717) is 19.6 Å². The fourth-order valence-electron chi connectivity index (χ4n) is 4.62. The number of nitrogens with zero attached hydrogens (tertiary/aromatic N) is 2. The van der Waals surface area contributed by atoms with Crippen LogP contribution in [-0.2, 0) is 16.1 Å². The molecule has 1 aromatic heterocycles. The van der Waals surface area contributed by atoms with Crippen LogP contribution in [0.15, 0.2) is 34.7 Å². The third kappa shape index (κ3) is 3.64. The second kappa shape index (κ2) is 7.41. The molecule has 0 N–H and O–H groups in total. The van der Waals surface area contributed by atoms with Gasteiger partial charge in [0.25, 0.3) is 0 Å². The zero-order valence-corrected chi connectivity index (χ0v) is 15.6. The lowest BCUT2D eigenvalue weighted by atomic mass is 9.73. The molecule has 1 amide bonds. The minimum atomic E-state index is 0.228. The number of amides is 1. The molecule has 1 aromatic carbocycles. The molecule has 2 aromatic rings. The molecular formula is C21H28N2O3. The van der Waals surface area contributed by atoms with E-state index < -0.39 is 0 Å². The molecule has 0 bridgehead atoms. The van der Waals surface area contributed by atoms with Gasteiger partial charge in [0.2, 0.25) is 5.91 Å². The summed E-state index contributed by atoms with van der Waals surface area (Å²) in [5, 5.41) is 1.17. The number of methoxy groups -OCH3 is 1.